The van der Waals surface area contributed by atoms with E-state index in [1.807, 2.05) is 27.1 Å². The van der Waals surface area contributed by atoms with Crippen LogP contribution in [0.4, 0.5) is 5.82 Å². The van der Waals surface area contributed by atoms with Crippen LogP contribution in [0.2, 0.25) is 0 Å². The lowest BCUT2D eigenvalue weighted by molar-refractivity contribution is 0.382. The van der Waals surface area contributed by atoms with Crippen molar-refractivity contribution in [1.82, 2.24) is 9.88 Å². The summed E-state index contributed by atoms with van der Waals surface area (Å²) in [6.45, 7) is 2.95. The Morgan fingerprint density at radius 3 is 2.73 bits per heavy atom. The van der Waals surface area contributed by atoms with Crippen LogP contribution < -0.4 is 11.5 Å². The van der Waals surface area contributed by atoms with Gasteiger partial charge in [-0.15, -0.1) is 0 Å². The first-order valence-corrected chi connectivity index (χ1v) is 5.13. The Hall–Kier alpha value is -1.13. The monoisotopic (exact) mass is 208 g/mol. The van der Waals surface area contributed by atoms with Gasteiger partial charge in [0.25, 0.3) is 0 Å². The Morgan fingerprint density at radius 1 is 1.47 bits per heavy atom. The number of nitrogen functional groups attached to an aromatic ring is 1. The summed E-state index contributed by atoms with van der Waals surface area (Å²) in [5, 5.41) is 0. The predicted octanol–water partition coefficient (Wildman–Crippen LogP) is 0.924. The Balaban J connectivity index is 2.72. The van der Waals surface area contributed by atoms with Crippen LogP contribution in [0.1, 0.15) is 23.6 Å². The van der Waals surface area contributed by atoms with E-state index in [1.54, 1.807) is 6.20 Å². The molecule has 0 aliphatic heterocycles. The lowest BCUT2D eigenvalue weighted by Gasteiger charge is -2.17. The van der Waals surface area contributed by atoms with Gasteiger partial charge in [-0.25, -0.2) is 4.98 Å². The second-order valence-electron chi connectivity index (χ2n) is 4.19. The Kier molecular flexibility index (Phi) is 4.05. The van der Waals surface area contributed by atoms with Gasteiger partial charge >= 0.3 is 0 Å². The zero-order valence-corrected chi connectivity index (χ0v) is 9.70. The minimum Gasteiger partial charge on any atom is -0.383 e. The maximum Gasteiger partial charge on any atom is 0.128 e. The van der Waals surface area contributed by atoms with Crippen molar-refractivity contribution in [3.63, 3.8) is 0 Å². The third-order valence-corrected chi connectivity index (χ3v) is 2.37. The normalized spacial score (nSPS) is 13.1. The summed E-state index contributed by atoms with van der Waals surface area (Å²) < 4.78 is 0. The minimum absolute atomic E-state index is 0.0280. The fourth-order valence-electron chi connectivity index (χ4n) is 1.45. The molecule has 4 N–H and O–H groups in total. The molecule has 1 unspecified atom stereocenters. The van der Waals surface area contributed by atoms with Gasteiger partial charge in [0.15, 0.2) is 0 Å². The number of pyridine rings is 1. The Bertz CT molecular complexity index is 322. The van der Waals surface area contributed by atoms with Crippen LogP contribution in [0, 0.1) is 6.92 Å². The third-order valence-electron chi connectivity index (χ3n) is 2.37. The highest BCUT2D eigenvalue weighted by Gasteiger charge is 2.10. The standard InChI is InChI=1S/C11H20N4/c1-8-6-9(11(13)14-7-8)10(12)4-5-15(2)3/h6-7,10H,4-5,12H2,1-3H3,(H2,13,14). The average Bonchev–Trinajstić information content (AvgIpc) is 2.18. The van der Waals surface area contributed by atoms with E-state index in [1.165, 1.54) is 0 Å². The van der Waals surface area contributed by atoms with Crippen LogP contribution in [0.3, 0.4) is 0 Å². The highest BCUT2D eigenvalue weighted by Crippen LogP contribution is 2.20. The van der Waals surface area contributed by atoms with Crippen molar-refractivity contribution in [2.75, 3.05) is 26.4 Å². The number of rotatable bonds is 4. The largest absolute Gasteiger partial charge is 0.383 e. The molecule has 1 heterocycles. The summed E-state index contributed by atoms with van der Waals surface area (Å²) in [4.78, 5) is 6.22. The average molecular weight is 208 g/mol. The van der Waals surface area contributed by atoms with E-state index >= 15 is 0 Å². The topological polar surface area (TPSA) is 68.2 Å². The molecule has 0 amide bonds. The number of hydrogen-bond donors (Lipinski definition) is 2. The molecule has 4 heteroatoms. The smallest absolute Gasteiger partial charge is 0.128 e. The molecule has 0 bridgehead atoms. The van der Waals surface area contributed by atoms with Crippen molar-refractivity contribution in [3.8, 4) is 0 Å². The fourth-order valence-corrected chi connectivity index (χ4v) is 1.45. The summed E-state index contributed by atoms with van der Waals surface area (Å²) in [5.74, 6) is 0.548. The van der Waals surface area contributed by atoms with E-state index in [4.69, 9.17) is 11.5 Å². The van der Waals surface area contributed by atoms with Gasteiger partial charge in [-0.1, -0.05) is 0 Å². The van der Waals surface area contributed by atoms with Crippen LogP contribution in [0.5, 0.6) is 0 Å². The van der Waals surface area contributed by atoms with E-state index in [9.17, 15) is 0 Å². The van der Waals surface area contributed by atoms with Gasteiger partial charge in [0.05, 0.1) is 0 Å². The molecular weight excluding hydrogens is 188 g/mol. The summed E-state index contributed by atoms with van der Waals surface area (Å²) in [6.07, 6.45) is 2.65. The van der Waals surface area contributed by atoms with Gasteiger partial charge in [0, 0.05) is 17.8 Å². The van der Waals surface area contributed by atoms with Gasteiger partial charge in [-0.3, -0.25) is 0 Å². The molecular formula is C11H20N4. The van der Waals surface area contributed by atoms with Crippen molar-refractivity contribution >= 4 is 5.82 Å². The van der Waals surface area contributed by atoms with Crippen molar-refractivity contribution in [3.05, 3.63) is 23.4 Å². The summed E-state index contributed by atoms with van der Waals surface area (Å²) in [7, 11) is 4.06. The molecule has 0 aliphatic rings. The number of aromatic nitrogens is 1. The highest BCUT2D eigenvalue weighted by atomic mass is 15.0. The van der Waals surface area contributed by atoms with E-state index in [-0.39, 0.29) is 6.04 Å². The van der Waals surface area contributed by atoms with Crippen molar-refractivity contribution in [2.45, 2.75) is 19.4 Å². The fraction of sp³-hybridized carbons (Fsp3) is 0.545. The van der Waals surface area contributed by atoms with Gasteiger partial charge < -0.3 is 16.4 Å². The molecule has 0 fully saturated rings. The van der Waals surface area contributed by atoms with E-state index in [2.05, 4.69) is 9.88 Å². The maximum absolute atomic E-state index is 6.07. The second-order valence-corrected chi connectivity index (χ2v) is 4.19. The van der Waals surface area contributed by atoms with Crippen LogP contribution in [0.15, 0.2) is 12.3 Å². The van der Waals surface area contributed by atoms with E-state index < -0.39 is 0 Å². The Labute approximate surface area is 91.3 Å². The molecule has 15 heavy (non-hydrogen) atoms. The van der Waals surface area contributed by atoms with Crippen LogP contribution in [0.25, 0.3) is 0 Å². The molecule has 0 saturated carbocycles. The first-order chi connectivity index (χ1) is 7.00. The Morgan fingerprint density at radius 2 is 2.13 bits per heavy atom. The zero-order chi connectivity index (χ0) is 11.4. The molecule has 0 saturated heterocycles. The minimum atomic E-state index is -0.0280. The molecule has 1 aromatic heterocycles. The molecule has 1 atom stereocenters. The quantitative estimate of drug-likeness (QED) is 0.772. The summed E-state index contributed by atoms with van der Waals surface area (Å²) >= 11 is 0. The molecule has 84 valence electrons. The van der Waals surface area contributed by atoms with Crippen LogP contribution in [-0.4, -0.2) is 30.5 Å². The van der Waals surface area contributed by atoms with Gasteiger partial charge in [-0.2, -0.15) is 0 Å². The maximum atomic E-state index is 6.07. The highest BCUT2D eigenvalue weighted by molar-refractivity contribution is 5.42. The SMILES string of the molecule is Cc1cnc(N)c(C(N)CCN(C)C)c1. The lowest BCUT2D eigenvalue weighted by Crippen LogP contribution is -2.21. The molecule has 1 rings (SSSR count). The van der Waals surface area contributed by atoms with Gasteiger partial charge in [0.2, 0.25) is 0 Å². The van der Waals surface area contributed by atoms with Gasteiger partial charge in [0.1, 0.15) is 5.82 Å². The van der Waals surface area contributed by atoms with Gasteiger partial charge in [-0.05, 0) is 45.6 Å². The van der Waals surface area contributed by atoms with Crippen LogP contribution >= 0.6 is 0 Å². The number of anilines is 1. The second kappa shape index (κ2) is 5.09. The summed E-state index contributed by atoms with van der Waals surface area (Å²) in [5.41, 5.74) is 13.9. The first kappa shape index (κ1) is 11.9. The molecule has 0 aromatic carbocycles. The predicted molar refractivity (Wildman–Crippen MR) is 63.5 cm³/mol. The van der Waals surface area contributed by atoms with E-state index in [0.29, 0.717) is 5.82 Å². The number of aryl methyl sites for hydroxylation is 1. The molecule has 4 nitrogen and oxygen atoms in total. The molecule has 0 radical (unpaired) electrons. The third kappa shape index (κ3) is 3.49. The first-order valence-electron chi connectivity index (χ1n) is 5.13. The number of nitrogens with zero attached hydrogens (tertiary/aromatic N) is 2. The number of nitrogens with two attached hydrogens (primary N) is 2. The van der Waals surface area contributed by atoms with Crippen molar-refractivity contribution in [1.29, 1.82) is 0 Å². The lowest BCUT2D eigenvalue weighted by atomic mass is 10.0. The summed E-state index contributed by atoms with van der Waals surface area (Å²) in [6, 6.07) is 1.99. The molecule has 0 aliphatic carbocycles. The molecule has 1 aromatic rings. The molecule has 0 spiro atoms. The van der Waals surface area contributed by atoms with E-state index in [0.717, 1.165) is 24.1 Å². The zero-order valence-electron chi connectivity index (χ0n) is 9.70. The number of hydrogen-bond acceptors (Lipinski definition) is 4. The van der Waals surface area contributed by atoms with Crippen LogP contribution in [-0.2, 0) is 0 Å². The van der Waals surface area contributed by atoms with Crippen molar-refractivity contribution in [2.24, 2.45) is 5.73 Å². The van der Waals surface area contributed by atoms with Crippen molar-refractivity contribution < 1.29 is 0 Å².